The van der Waals surface area contributed by atoms with Gasteiger partial charge in [-0.2, -0.15) is 0 Å². The van der Waals surface area contributed by atoms with Crippen LogP contribution in [0.4, 0.5) is 0 Å². The van der Waals surface area contributed by atoms with E-state index in [0.29, 0.717) is 12.3 Å². The first-order valence-electron chi connectivity index (χ1n) is 6.22. The van der Waals surface area contributed by atoms with E-state index < -0.39 is 0 Å². The van der Waals surface area contributed by atoms with Crippen molar-refractivity contribution in [2.75, 3.05) is 7.05 Å². The van der Waals surface area contributed by atoms with Crippen molar-refractivity contribution in [3.8, 4) is 0 Å². The first kappa shape index (κ1) is 16.9. The smallest absolute Gasteiger partial charge is 0.124 e. The summed E-state index contributed by atoms with van der Waals surface area (Å²) in [5.41, 5.74) is 13.7. The molecule has 1 rings (SSSR count). The average Bonchev–Trinajstić information content (AvgIpc) is 2.41. The van der Waals surface area contributed by atoms with Crippen LogP contribution in [0.2, 0.25) is 0 Å². The zero-order valence-corrected chi connectivity index (χ0v) is 11.9. The van der Waals surface area contributed by atoms with Gasteiger partial charge < -0.3 is 16.3 Å². The molecule has 0 amide bonds. The third-order valence-corrected chi connectivity index (χ3v) is 2.38. The number of benzene rings is 1. The number of carbonyl (C=O) groups is 1. The van der Waals surface area contributed by atoms with Crippen LogP contribution in [0, 0.1) is 0 Å². The molecule has 4 nitrogen and oxygen atoms in total. The van der Waals surface area contributed by atoms with Crippen molar-refractivity contribution in [2.24, 2.45) is 16.5 Å². The van der Waals surface area contributed by atoms with Crippen molar-refractivity contribution in [3.05, 3.63) is 41.5 Å². The van der Waals surface area contributed by atoms with Gasteiger partial charge in [0.1, 0.15) is 6.29 Å². The molecule has 0 bridgehead atoms. The molecule has 0 aliphatic heterocycles. The predicted octanol–water partition coefficient (Wildman–Crippen LogP) is 2.13. The third kappa shape index (κ3) is 7.76. The van der Waals surface area contributed by atoms with E-state index in [2.05, 4.69) is 4.99 Å². The number of carbonyl (C=O) groups excluding carboxylic acids is 1. The van der Waals surface area contributed by atoms with Gasteiger partial charge in [0.05, 0.1) is 5.84 Å². The molecule has 19 heavy (non-hydrogen) atoms. The molecule has 0 heterocycles. The summed E-state index contributed by atoms with van der Waals surface area (Å²) < 4.78 is 0. The summed E-state index contributed by atoms with van der Waals surface area (Å²) in [5, 5.41) is 0. The molecule has 4 N–H and O–H groups in total. The fourth-order valence-electron chi connectivity index (χ4n) is 1.27. The second-order valence-corrected chi connectivity index (χ2v) is 4.00. The minimum Gasteiger partial charge on any atom is -0.399 e. The van der Waals surface area contributed by atoms with Crippen LogP contribution in [0.5, 0.6) is 0 Å². The van der Waals surface area contributed by atoms with E-state index in [4.69, 9.17) is 11.5 Å². The largest absolute Gasteiger partial charge is 0.399 e. The number of amidine groups is 1. The highest BCUT2D eigenvalue weighted by atomic mass is 16.1. The molecule has 0 aliphatic rings. The quantitative estimate of drug-likeness (QED) is 0.495. The van der Waals surface area contributed by atoms with Crippen LogP contribution in [0.15, 0.2) is 35.3 Å². The summed E-state index contributed by atoms with van der Waals surface area (Å²) in [6, 6.07) is 7.75. The standard InChI is InChI=1S/C12H15NO.C3H8N2/c1-2-3-12(13)11-6-4-10(5-7-11)8-9-14;1-3(4)5-2/h3-7,9H,2,8,13H2,1H3;1-2H3,(H2,4,5)/b12-3+;. The molecule has 0 aromatic heterocycles. The minimum atomic E-state index is 0.470. The molecule has 1 aromatic carbocycles. The van der Waals surface area contributed by atoms with Crippen LogP contribution < -0.4 is 11.5 Å². The van der Waals surface area contributed by atoms with Crippen LogP contribution in [-0.2, 0) is 11.2 Å². The lowest BCUT2D eigenvalue weighted by Crippen LogP contribution is -2.03. The van der Waals surface area contributed by atoms with Crippen LogP contribution in [0.1, 0.15) is 31.4 Å². The van der Waals surface area contributed by atoms with Gasteiger partial charge in [-0.05, 0) is 24.5 Å². The summed E-state index contributed by atoms with van der Waals surface area (Å²) in [4.78, 5) is 13.8. The van der Waals surface area contributed by atoms with Crippen LogP contribution >= 0.6 is 0 Å². The Morgan fingerprint density at radius 3 is 2.16 bits per heavy atom. The molecule has 4 heteroatoms. The molecule has 0 radical (unpaired) electrons. The molecule has 0 saturated heterocycles. The minimum absolute atomic E-state index is 0.470. The Hall–Kier alpha value is -2.10. The molecular formula is C15H23N3O. The molecule has 104 valence electrons. The monoisotopic (exact) mass is 261 g/mol. The lowest BCUT2D eigenvalue weighted by molar-refractivity contribution is -0.107. The Kier molecular flexibility index (Phi) is 8.79. The van der Waals surface area contributed by atoms with E-state index in [1.54, 1.807) is 14.0 Å². The Morgan fingerprint density at radius 2 is 1.79 bits per heavy atom. The molecule has 0 unspecified atom stereocenters. The van der Waals surface area contributed by atoms with E-state index in [1.807, 2.05) is 37.3 Å². The summed E-state index contributed by atoms with van der Waals surface area (Å²) in [6.45, 7) is 3.80. The summed E-state index contributed by atoms with van der Waals surface area (Å²) >= 11 is 0. The van der Waals surface area contributed by atoms with Crippen molar-refractivity contribution >= 4 is 17.8 Å². The van der Waals surface area contributed by atoms with Gasteiger partial charge in [-0.1, -0.05) is 37.3 Å². The molecule has 0 spiro atoms. The lowest BCUT2D eigenvalue weighted by atomic mass is 10.1. The molecule has 0 aliphatic carbocycles. The Morgan fingerprint density at radius 1 is 1.26 bits per heavy atom. The average molecular weight is 261 g/mol. The Labute approximate surface area is 115 Å². The first-order chi connectivity index (χ1) is 9.04. The number of nitrogens with zero attached hydrogens (tertiary/aromatic N) is 1. The maximum absolute atomic E-state index is 10.3. The maximum atomic E-state index is 10.3. The van der Waals surface area contributed by atoms with Gasteiger partial charge in [0.2, 0.25) is 0 Å². The van der Waals surface area contributed by atoms with E-state index in [9.17, 15) is 4.79 Å². The van der Waals surface area contributed by atoms with Crippen LogP contribution in [0.25, 0.3) is 5.70 Å². The number of hydrogen-bond donors (Lipinski definition) is 2. The highest BCUT2D eigenvalue weighted by Gasteiger charge is 1.96. The second-order valence-electron chi connectivity index (χ2n) is 4.00. The van der Waals surface area contributed by atoms with Crippen LogP contribution in [-0.4, -0.2) is 19.2 Å². The highest BCUT2D eigenvalue weighted by molar-refractivity contribution is 5.77. The highest BCUT2D eigenvalue weighted by Crippen LogP contribution is 2.11. The molecule has 0 fully saturated rings. The van der Waals surface area contributed by atoms with Crippen molar-refractivity contribution in [3.63, 3.8) is 0 Å². The predicted molar refractivity (Wildman–Crippen MR) is 81.9 cm³/mol. The van der Waals surface area contributed by atoms with Gasteiger partial charge in [-0.3, -0.25) is 4.99 Å². The van der Waals surface area contributed by atoms with Crippen LogP contribution in [0.3, 0.4) is 0 Å². The van der Waals surface area contributed by atoms with Gasteiger partial charge in [-0.15, -0.1) is 0 Å². The SMILES string of the molecule is CC/C=C(/N)c1ccc(CC=O)cc1.CN=C(C)N. The van der Waals surface area contributed by atoms with Gasteiger partial charge in [0.15, 0.2) is 0 Å². The number of rotatable bonds is 4. The summed E-state index contributed by atoms with van der Waals surface area (Å²) in [5.74, 6) is 0.630. The zero-order chi connectivity index (χ0) is 14.7. The van der Waals surface area contributed by atoms with Gasteiger partial charge >= 0.3 is 0 Å². The van der Waals surface area contributed by atoms with Crippen molar-refractivity contribution in [1.29, 1.82) is 0 Å². The van der Waals surface area contributed by atoms with Gasteiger partial charge in [-0.25, -0.2) is 0 Å². The second kappa shape index (κ2) is 9.88. The lowest BCUT2D eigenvalue weighted by Gasteiger charge is -2.02. The summed E-state index contributed by atoms with van der Waals surface area (Å²) in [6.07, 6.45) is 4.29. The molecular weight excluding hydrogens is 238 g/mol. The Bertz CT molecular complexity index is 429. The Balaban J connectivity index is 0.000000555. The number of hydrogen-bond acceptors (Lipinski definition) is 3. The van der Waals surface area contributed by atoms with Gasteiger partial charge in [0.25, 0.3) is 0 Å². The fourth-order valence-corrected chi connectivity index (χ4v) is 1.27. The van der Waals surface area contributed by atoms with Gasteiger partial charge in [0, 0.05) is 19.2 Å². The maximum Gasteiger partial charge on any atom is 0.124 e. The van der Waals surface area contributed by atoms with E-state index in [-0.39, 0.29) is 0 Å². The van der Waals surface area contributed by atoms with Crippen molar-refractivity contribution < 1.29 is 4.79 Å². The topological polar surface area (TPSA) is 81.5 Å². The fraction of sp³-hybridized carbons (Fsp3) is 0.333. The first-order valence-corrected chi connectivity index (χ1v) is 6.22. The zero-order valence-electron chi connectivity index (χ0n) is 11.9. The number of aliphatic imine (C=N–C) groups is 1. The summed E-state index contributed by atoms with van der Waals surface area (Å²) in [7, 11) is 1.66. The van der Waals surface area contributed by atoms with E-state index >= 15 is 0 Å². The van der Waals surface area contributed by atoms with Crippen molar-refractivity contribution in [2.45, 2.75) is 26.7 Å². The normalized spacial score (nSPS) is 11.5. The number of aldehydes is 1. The molecule has 0 saturated carbocycles. The number of nitrogens with two attached hydrogens (primary N) is 2. The molecule has 0 atom stereocenters. The molecule has 1 aromatic rings. The third-order valence-electron chi connectivity index (χ3n) is 2.38. The number of allylic oxidation sites excluding steroid dienone is 1. The van der Waals surface area contributed by atoms with E-state index in [0.717, 1.165) is 29.5 Å². The van der Waals surface area contributed by atoms with Crippen molar-refractivity contribution in [1.82, 2.24) is 0 Å². The van der Waals surface area contributed by atoms with E-state index in [1.165, 1.54) is 0 Å².